The van der Waals surface area contributed by atoms with E-state index in [1.807, 2.05) is 6.92 Å². The van der Waals surface area contributed by atoms with Crippen molar-refractivity contribution in [1.29, 1.82) is 0 Å². The normalized spacial score (nSPS) is 10.3. The molecule has 0 saturated heterocycles. The molecule has 1 aromatic heterocycles. The van der Waals surface area contributed by atoms with Crippen LogP contribution >= 0.6 is 11.6 Å². The first-order valence-corrected chi connectivity index (χ1v) is 5.98. The molecule has 0 radical (unpaired) electrons. The summed E-state index contributed by atoms with van der Waals surface area (Å²) >= 11 is 5.85. The van der Waals surface area contributed by atoms with Crippen LogP contribution in [-0.4, -0.2) is 31.2 Å². The molecule has 1 rings (SSSR count). The third kappa shape index (κ3) is 4.71. The average molecular weight is 257 g/mol. The lowest BCUT2D eigenvalue weighted by molar-refractivity contribution is 0.0948. The second-order valence-electron chi connectivity index (χ2n) is 3.63. The number of hydrogen-bond donors (Lipinski definition) is 1. The number of nitrogens with one attached hydrogen (secondary N) is 1. The van der Waals surface area contributed by atoms with Gasteiger partial charge in [-0.25, -0.2) is 4.98 Å². The summed E-state index contributed by atoms with van der Waals surface area (Å²) in [4.78, 5) is 15.9. The zero-order chi connectivity index (χ0) is 12.7. The zero-order valence-corrected chi connectivity index (χ0v) is 10.9. The molecule has 1 heterocycles. The maximum atomic E-state index is 11.8. The van der Waals surface area contributed by atoms with Crippen molar-refractivity contribution in [3.63, 3.8) is 0 Å². The van der Waals surface area contributed by atoms with Gasteiger partial charge in [-0.1, -0.05) is 18.5 Å². The Kier molecular flexibility index (Phi) is 5.94. The highest BCUT2D eigenvalue weighted by atomic mass is 35.5. The van der Waals surface area contributed by atoms with Gasteiger partial charge >= 0.3 is 0 Å². The lowest BCUT2D eigenvalue weighted by Crippen LogP contribution is -2.25. The number of carbonyl (C=O) groups is 1. The number of ether oxygens (including phenoxy) is 1. The number of aromatic nitrogens is 1. The Morgan fingerprint density at radius 1 is 1.53 bits per heavy atom. The van der Waals surface area contributed by atoms with Gasteiger partial charge in [-0.15, -0.1) is 0 Å². The van der Waals surface area contributed by atoms with E-state index in [0.29, 0.717) is 23.9 Å². The maximum absolute atomic E-state index is 11.8. The lowest BCUT2D eigenvalue weighted by Gasteiger charge is -2.06. The Bertz CT molecular complexity index is 383. The summed E-state index contributed by atoms with van der Waals surface area (Å²) in [6.45, 7) is 3.20. The minimum absolute atomic E-state index is 0.125. The maximum Gasteiger partial charge on any atom is 0.251 e. The summed E-state index contributed by atoms with van der Waals surface area (Å²) in [7, 11) is 1.64. The van der Waals surface area contributed by atoms with E-state index in [0.717, 1.165) is 18.5 Å². The predicted molar refractivity (Wildman–Crippen MR) is 67.5 cm³/mol. The van der Waals surface area contributed by atoms with Gasteiger partial charge in [-0.05, 0) is 25.0 Å². The molecule has 0 unspecified atom stereocenters. The molecule has 94 valence electrons. The van der Waals surface area contributed by atoms with Crippen molar-refractivity contribution in [1.82, 2.24) is 10.3 Å². The van der Waals surface area contributed by atoms with Crippen LogP contribution in [0.5, 0.6) is 0 Å². The minimum atomic E-state index is -0.125. The summed E-state index contributed by atoms with van der Waals surface area (Å²) in [5, 5.41) is 3.16. The highest BCUT2D eigenvalue weighted by Crippen LogP contribution is 2.11. The van der Waals surface area contributed by atoms with Crippen LogP contribution in [0.15, 0.2) is 12.1 Å². The van der Waals surface area contributed by atoms with E-state index in [-0.39, 0.29) is 5.91 Å². The number of aryl methyl sites for hydroxylation is 1. The number of methoxy groups -OCH3 is 1. The molecule has 0 bridgehead atoms. The van der Waals surface area contributed by atoms with Gasteiger partial charge in [0.15, 0.2) is 0 Å². The van der Waals surface area contributed by atoms with E-state index in [1.165, 1.54) is 0 Å². The van der Waals surface area contributed by atoms with Crippen molar-refractivity contribution in [2.45, 2.75) is 19.8 Å². The molecule has 0 spiro atoms. The fraction of sp³-hybridized carbons (Fsp3) is 0.500. The van der Waals surface area contributed by atoms with Crippen LogP contribution in [-0.2, 0) is 11.2 Å². The molecule has 0 saturated carbocycles. The average Bonchev–Trinajstić information content (AvgIpc) is 2.33. The minimum Gasteiger partial charge on any atom is -0.385 e. The molecule has 0 aliphatic carbocycles. The molecule has 5 heteroatoms. The van der Waals surface area contributed by atoms with Crippen molar-refractivity contribution in [3.8, 4) is 0 Å². The smallest absolute Gasteiger partial charge is 0.251 e. The van der Waals surface area contributed by atoms with Crippen LogP contribution < -0.4 is 5.32 Å². The molecule has 0 fully saturated rings. The summed E-state index contributed by atoms with van der Waals surface area (Å²) < 4.78 is 4.90. The summed E-state index contributed by atoms with van der Waals surface area (Å²) in [5.74, 6) is -0.125. The first-order valence-electron chi connectivity index (χ1n) is 5.61. The van der Waals surface area contributed by atoms with Crippen molar-refractivity contribution in [2.75, 3.05) is 20.3 Å². The Morgan fingerprint density at radius 3 is 2.94 bits per heavy atom. The molecule has 4 nitrogen and oxygen atoms in total. The van der Waals surface area contributed by atoms with Gasteiger partial charge in [0, 0.05) is 31.5 Å². The SMILES string of the molecule is CCc1cc(C(=O)NCCCOC)cc(Cl)n1. The molecular formula is C12H17ClN2O2. The van der Waals surface area contributed by atoms with E-state index in [9.17, 15) is 4.79 Å². The molecule has 1 aromatic rings. The molecule has 0 aliphatic heterocycles. The van der Waals surface area contributed by atoms with Crippen LogP contribution in [0.2, 0.25) is 5.15 Å². The van der Waals surface area contributed by atoms with Gasteiger partial charge < -0.3 is 10.1 Å². The lowest BCUT2D eigenvalue weighted by atomic mass is 10.2. The Hall–Kier alpha value is -1.13. The van der Waals surface area contributed by atoms with Gasteiger partial charge in [-0.2, -0.15) is 0 Å². The summed E-state index contributed by atoms with van der Waals surface area (Å²) in [5.41, 5.74) is 1.37. The van der Waals surface area contributed by atoms with Crippen LogP contribution in [0, 0.1) is 0 Å². The van der Waals surface area contributed by atoms with Crippen LogP contribution in [0.1, 0.15) is 29.4 Å². The standard InChI is InChI=1S/C12H17ClN2O2/c1-3-10-7-9(8-11(13)15-10)12(16)14-5-4-6-17-2/h7-8H,3-6H2,1-2H3,(H,14,16). The molecule has 1 amide bonds. The van der Waals surface area contributed by atoms with Gasteiger partial charge in [0.05, 0.1) is 0 Å². The van der Waals surface area contributed by atoms with E-state index < -0.39 is 0 Å². The van der Waals surface area contributed by atoms with Crippen molar-refractivity contribution >= 4 is 17.5 Å². The predicted octanol–water partition coefficient (Wildman–Crippen LogP) is 2.06. The molecule has 1 N–H and O–H groups in total. The Balaban J connectivity index is 2.59. The van der Waals surface area contributed by atoms with E-state index in [1.54, 1.807) is 19.2 Å². The summed E-state index contributed by atoms with van der Waals surface area (Å²) in [6, 6.07) is 3.34. The fourth-order valence-corrected chi connectivity index (χ4v) is 1.61. The highest BCUT2D eigenvalue weighted by Gasteiger charge is 2.07. The highest BCUT2D eigenvalue weighted by molar-refractivity contribution is 6.29. The van der Waals surface area contributed by atoms with Gasteiger partial charge in [-0.3, -0.25) is 4.79 Å². The molecule has 17 heavy (non-hydrogen) atoms. The second kappa shape index (κ2) is 7.25. The van der Waals surface area contributed by atoms with Gasteiger partial charge in [0.2, 0.25) is 0 Å². The molecule has 0 aromatic carbocycles. The van der Waals surface area contributed by atoms with E-state index >= 15 is 0 Å². The first-order chi connectivity index (χ1) is 8.17. The third-order valence-corrected chi connectivity index (χ3v) is 2.48. The third-order valence-electron chi connectivity index (χ3n) is 2.28. The topological polar surface area (TPSA) is 51.2 Å². The number of pyridine rings is 1. The number of nitrogens with zero attached hydrogens (tertiary/aromatic N) is 1. The number of amides is 1. The van der Waals surface area contributed by atoms with Crippen molar-refractivity contribution in [2.24, 2.45) is 0 Å². The molecular weight excluding hydrogens is 240 g/mol. The van der Waals surface area contributed by atoms with E-state index in [2.05, 4.69) is 10.3 Å². The number of rotatable bonds is 6. The number of hydrogen-bond acceptors (Lipinski definition) is 3. The van der Waals surface area contributed by atoms with Gasteiger partial charge in [0.25, 0.3) is 5.91 Å². The molecule has 0 atom stereocenters. The Morgan fingerprint density at radius 2 is 2.29 bits per heavy atom. The summed E-state index contributed by atoms with van der Waals surface area (Å²) in [6.07, 6.45) is 1.55. The monoisotopic (exact) mass is 256 g/mol. The largest absolute Gasteiger partial charge is 0.385 e. The van der Waals surface area contributed by atoms with Crippen LogP contribution in [0.25, 0.3) is 0 Å². The van der Waals surface area contributed by atoms with Crippen LogP contribution in [0.4, 0.5) is 0 Å². The van der Waals surface area contributed by atoms with E-state index in [4.69, 9.17) is 16.3 Å². The number of halogens is 1. The second-order valence-corrected chi connectivity index (χ2v) is 4.01. The Labute approximate surface area is 106 Å². The fourth-order valence-electron chi connectivity index (χ4n) is 1.38. The molecule has 0 aliphatic rings. The van der Waals surface area contributed by atoms with Crippen LogP contribution in [0.3, 0.4) is 0 Å². The first kappa shape index (κ1) is 13.9. The van der Waals surface area contributed by atoms with Crippen molar-refractivity contribution < 1.29 is 9.53 Å². The zero-order valence-electron chi connectivity index (χ0n) is 10.1. The number of carbonyl (C=O) groups excluding carboxylic acids is 1. The quantitative estimate of drug-likeness (QED) is 0.626. The van der Waals surface area contributed by atoms with Crippen molar-refractivity contribution in [3.05, 3.63) is 28.5 Å². The van der Waals surface area contributed by atoms with Gasteiger partial charge in [0.1, 0.15) is 5.15 Å².